The highest BCUT2D eigenvalue weighted by Crippen LogP contribution is 2.20. The number of nitrogens with one attached hydrogen (secondary N) is 5. The fraction of sp³-hybridized carbons (Fsp3) is 0.444. The van der Waals surface area contributed by atoms with Gasteiger partial charge in [0.25, 0.3) is 0 Å². The van der Waals surface area contributed by atoms with Crippen LogP contribution in [0.5, 0.6) is 0 Å². The summed E-state index contributed by atoms with van der Waals surface area (Å²) in [4.78, 5) is 80.0. The van der Waals surface area contributed by atoms with Crippen molar-refractivity contribution in [3.63, 3.8) is 0 Å². The summed E-state index contributed by atoms with van der Waals surface area (Å²) < 4.78 is 5.42. The highest BCUT2D eigenvalue weighted by Gasteiger charge is 2.31. The Hall–Kier alpha value is -5.40. The molecule has 0 aliphatic heterocycles. The molecule has 3 rings (SSSR count). The van der Waals surface area contributed by atoms with E-state index in [0.717, 1.165) is 16.5 Å². The first-order chi connectivity index (χ1) is 23.5. The number of carboxylic acid groups (broad SMARTS) is 1. The van der Waals surface area contributed by atoms with Gasteiger partial charge < -0.3 is 41.8 Å². The van der Waals surface area contributed by atoms with Gasteiger partial charge in [-0.2, -0.15) is 0 Å². The molecule has 0 unspecified atom stereocenters. The van der Waals surface area contributed by atoms with Gasteiger partial charge in [-0.25, -0.2) is 4.79 Å². The molecule has 270 valence electrons. The molecule has 4 atom stereocenters. The quantitative estimate of drug-likeness (QED) is 0.111. The number of hydrogen-bond donors (Lipinski definition) is 7. The van der Waals surface area contributed by atoms with Crippen LogP contribution in [0.15, 0.2) is 60.8 Å². The van der Waals surface area contributed by atoms with Gasteiger partial charge in [0.2, 0.25) is 23.6 Å². The van der Waals surface area contributed by atoms with E-state index in [1.54, 1.807) is 57.3 Å². The van der Waals surface area contributed by atoms with Crippen LogP contribution < -0.4 is 27.0 Å². The molecule has 50 heavy (non-hydrogen) atoms. The number of benzene rings is 2. The van der Waals surface area contributed by atoms with Crippen molar-refractivity contribution in [1.29, 1.82) is 0 Å². The number of fused-ring (bicyclic) bond motifs is 1. The Balaban J connectivity index is 1.76. The summed E-state index contributed by atoms with van der Waals surface area (Å²) in [5, 5.41) is 20.8. The van der Waals surface area contributed by atoms with Gasteiger partial charge in [-0.15, -0.1) is 0 Å². The molecule has 3 aromatic rings. The van der Waals surface area contributed by atoms with Gasteiger partial charge >= 0.3 is 12.1 Å². The fourth-order valence-electron chi connectivity index (χ4n) is 5.45. The Labute approximate surface area is 291 Å². The summed E-state index contributed by atoms with van der Waals surface area (Å²) in [7, 11) is 0. The van der Waals surface area contributed by atoms with Crippen LogP contribution in [-0.4, -0.2) is 75.6 Å². The summed E-state index contributed by atoms with van der Waals surface area (Å²) >= 11 is 0. The second-order valence-corrected chi connectivity index (χ2v) is 13.7. The normalized spacial score (nSPS) is 13.8. The van der Waals surface area contributed by atoms with Gasteiger partial charge in [-0.1, -0.05) is 62.4 Å². The van der Waals surface area contributed by atoms with E-state index >= 15 is 0 Å². The van der Waals surface area contributed by atoms with Crippen molar-refractivity contribution in [2.24, 2.45) is 11.7 Å². The molecule has 0 fully saturated rings. The number of carbonyl (C=O) groups is 6. The predicted molar refractivity (Wildman–Crippen MR) is 187 cm³/mol. The lowest BCUT2D eigenvalue weighted by molar-refractivity contribution is -0.141. The lowest BCUT2D eigenvalue weighted by atomic mass is 9.99. The highest BCUT2D eigenvalue weighted by molar-refractivity contribution is 5.94. The second-order valence-electron chi connectivity index (χ2n) is 13.7. The summed E-state index contributed by atoms with van der Waals surface area (Å²) in [6.45, 7) is 8.91. The fourth-order valence-corrected chi connectivity index (χ4v) is 5.45. The molecule has 14 heteroatoms. The van der Waals surface area contributed by atoms with Crippen molar-refractivity contribution in [1.82, 2.24) is 26.3 Å². The van der Waals surface area contributed by atoms with Crippen LogP contribution in [0.25, 0.3) is 10.9 Å². The average Bonchev–Trinajstić information content (AvgIpc) is 3.41. The van der Waals surface area contributed by atoms with Gasteiger partial charge in [0.05, 0.1) is 6.42 Å². The van der Waals surface area contributed by atoms with Crippen molar-refractivity contribution < 1.29 is 38.6 Å². The number of nitrogens with two attached hydrogens (primary N) is 1. The van der Waals surface area contributed by atoms with Crippen LogP contribution in [0.2, 0.25) is 0 Å². The molecule has 8 N–H and O–H groups in total. The first kappa shape index (κ1) is 39.0. The lowest BCUT2D eigenvalue weighted by Crippen LogP contribution is -2.55. The number of H-pyrrole nitrogens is 1. The Morgan fingerprint density at radius 1 is 0.800 bits per heavy atom. The minimum Gasteiger partial charge on any atom is -0.481 e. The monoisotopic (exact) mass is 692 g/mol. The highest BCUT2D eigenvalue weighted by atomic mass is 16.6. The van der Waals surface area contributed by atoms with Gasteiger partial charge in [0, 0.05) is 42.4 Å². The number of alkyl carbamates (subject to hydrolysis) is 1. The molecule has 0 bridgehead atoms. The third-order valence-electron chi connectivity index (χ3n) is 7.61. The number of aromatic amines is 1. The zero-order valence-electron chi connectivity index (χ0n) is 29.1. The van der Waals surface area contributed by atoms with Crippen LogP contribution in [0, 0.1) is 5.92 Å². The molecule has 0 saturated carbocycles. The number of carbonyl (C=O) groups excluding carboxylic acids is 5. The van der Waals surface area contributed by atoms with Crippen molar-refractivity contribution in [2.75, 3.05) is 0 Å². The minimum atomic E-state index is -1.53. The maximum absolute atomic E-state index is 13.8. The second kappa shape index (κ2) is 17.8. The Morgan fingerprint density at radius 2 is 1.44 bits per heavy atom. The molecule has 2 aromatic carbocycles. The van der Waals surface area contributed by atoms with Crippen molar-refractivity contribution >= 4 is 46.6 Å². The standard InChI is InChI=1S/C36H48N6O8/c1-21(2)15-24(18-30(43)40-29(19-31(44)45)34(48)41-27(32(37)46)16-22-11-7-6-8-12-22)39-33(47)28(42-35(49)50-36(3,4)5)17-23-20-38-26-14-10-9-13-25(23)26/h6-14,20-21,24,27-29,38H,15-19H2,1-5H3,(H2,37,46)(H,39,47)(H,40,43)(H,41,48)(H,42,49)(H,44,45)/t24-,27-,28-,29-/m0/s1. The molecule has 0 spiro atoms. The molecule has 0 saturated heterocycles. The molecule has 14 nitrogen and oxygen atoms in total. The minimum absolute atomic E-state index is 0.0198. The number of para-hydroxylation sites is 1. The molecule has 0 radical (unpaired) electrons. The maximum atomic E-state index is 13.8. The molecule has 5 amide bonds. The number of hydrogen-bond acceptors (Lipinski definition) is 7. The number of amides is 5. The first-order valence-electron chi connectivity index (χ1n) is 16.5. The van der Waals surface area contributed by atoms with E-state index in [1.807, 2.05) is 38.1 Å². The van der Waals surface area contributed by atoms with Gasteiger partial charge in [0.1, 0.15) is 23.7 Å². The molecular formula is C36H48N6O8. The zero-order chi connectivity index (χ0) is 37.0. The van der Waals surface area contributed by atoms with E-state index in [-0.39, 0.29) is 25.2 Å². The summed E-state index contributed by atoms with van der Waals surface area (Å²) in [6.07, 6.45) is 0.430. The van der Waals surface area contributed by atoms with E-state index < -0.39 is 71.9 Å². The van der Waals surface area contributed by atoms with Crippen LogP contribution in [-0.2, 0) is 41.6 Å². The van der Waals surface area contributed by atoms with E-state index in [0.29, 0.717) is 12.0 Å². The largest absolute Gasteiger partial charge is 0.481 e. The van der Waals surface area contributed by atoms with Gasteiger partial charge in [0.15, 0.2) is 0 Å². The maximum Gasteiger partial charge on any atom is 0.408 e. The van der Waals surface area contributed by atoms with E-state index in [1.165, 1.54) is 0 Å². The third-order valence-corrected chi connectivity index (χ3v) is 7.61. The number of carboxylic acids is 1. The smallest absolute Gasteiger partial charge is 0.408 e. The Kier molecular flexibility index (Phi) is 13.9. The molecule has 1 aromatic heterocycles. The summed E-state index contributed by atoms with van der Waals surface area (Å²) in [5.41, 5.74) is 7.05. The topological polar surface area (TPSA) is 222 Å². The predicted octanol–water partition coefficient (Wildman–Crippen LogP) is 2.70. The van der Waals surface area contributed by atoms with Crippen LogP contribution in [0.1, 0.15) is 65.0 Å². The Morgan fingerprint density at radius 3 is 2.06 bits per heavy atom. The SMILES string of the molecule is CC(C)C[C@@H](CC(=O)N[C@@H](CC(=O)O)C(=O)N[C@@H](Cc1ccccc1)C(N)=O)NC(=O)[C@H](Cc1c[nH]c2ccccc12)NC(=O)OC(C)(C)C. The van der Waals surface area contributed by atoms with Crippen LogP contribution >= 0.6 is 0 Å². The molecular weight excluding hydrogens is 644 g/mol. The van der Waals surface area contributed by atoms with Crippen molar-refractivity contribution in [3.8, 4) is 0 Å². The Bertz CT molecular complexity index is 1650. The van der Waals surface area contributed by atoms with Crippen LogP contribution in [0.3, 0.4) is 0 Å². The number of rotatable bonds is 17. The van der Waals surface area contributed by atoms with Crippen molar-refractivity contribution in [2.45, 2.75) is 96.5 Å². The van der Waals surface area contributed by atoms with Crippen molar-refractivity contribution in [3.05, 3.63) is 71.9 Å². The zero-order valence-corrected chi connectivity index (χ0v) is 29.1. The molecule has 0 aliphatic carbocycles. The molecule has 0 aliphatic rings. The number of primary amides is 1. The van der Waals surface area contributed by atoms with E-state index in [4.69, 9.17) is 10.5 Å². The van der Waals surface area contributed by atoms with E-state index in [9.17, 15) is 33.9 Å². The van der Waals surface area contributed by atoms with Crippen LogP contribution in [0.4, 0.5) is 4.79 Å². The first-order valence-corrected chi connectivity index (χ1v) is 16.5. The summed E-state index contributed by atoms with van der Waals surface area (Å²) in [5.74, 6) is -4.33. The lowest BCUT2D eigenvalue weighted by Gasteiger charge is -2.27. The van der Waals surface area contributed by atoms with E-state index in [2.05, 4.69) is 26.3 Å². The van der Waals surface area contributed by atoms with Gasteiger partial charge in [-0.05, 0) is 50.3 Å². The average molecular weight is 693 g/mol. The summed E-state index contributed by atoms with van der Waals surface area (Å²) in [6, 6.07) is 11.8. The number of aromatic nitrogens is 1. The molecule has 1 heterocycles. The number of aliphatic carboxylic acids is 1. The van der Waals surface area contributed by atoms with Gasteiger partial charge in [-0.3, -0.25) is 24.0 Å². The third kappa shape index (κ3) is 12.9. The number of ether oxygens (including phenoxy) is 1.